The zero-order valence-electron chi connectivity index (χ0n) is 9.10. The van der Waals surface area contributed by atoms with E-state index in [1.54, 1.807) is 0 Å². The fourth-order valence-corrected chi connectivity index (χ4v) is 2.80. The number of hydrogen-bond acceptors (Lipinski definition) is 1. The minimum absolute atomic E-state index is 0.117. The predicted molar refractivity (Wildman–Crippen MR) is 69.3 cm³/mol. The highest BCUT2D eigenvalue weighted by Gasteiger charge is 2.37. The lowest BCUT2D eigenvalue weighted by Crippen LogP contribution is -2.54. The number of rotatable bonds is 3. The van der Waals surface area contributed by atoms with Crippen molar-refractivity contribution in [3.05, 3.63) is 34.6 Å². The number of hydrogen-bond donors (Lipinski definition) is 1. The van der Waals surface area contributed by atoms with E-state index in [0.717, 1.165) is 19.3 Å². The van der Waals surface area contributed by atoms with E-state index in [2.05, 4.69) is 21.2 Å². The number of carbonyl (C=O) groups is 1. The standard InChI is InChI=1S/C12H12BrClFNO/c13-7-12(5-2-6-12)16-11(17)8-3-1-4-9(15)10(8)14/h1,3-4H,2,5-7H2,(H,16,17). The summed E-state index contributed by atoms with van der Waals surface area (Å²) in [5.74, 6) is -0.880. The molecule has 1 aliphatic carbocycles. The summed E-state index contributed by atoms with van der Waals surface area (Å²) in [6, 6.07) is 4.25. The highest BCUT2D eigenvalue weighted by molar-refractivity contribution is 9.09. The van der Waals surface area contributed by atoms with Gasteiger partial charge in [0.2, 0.25) is 0 Å². The Hall–Kier alpha value is -0.610. The zero-order chi connectivity index (χ0) is 12.5. The van der Waals surface area contributed by atoms with Crippen LogP contribution >= 0.6 is 27.5 Å². The Morgan fingerprint density at radius 3 is 2.76 bits per heavy atom. The molecule has 0 saturated heterocycles. The summed E-state index contributed by atoms with van der Waals surface area (Å²) in [7, 11) is 0. The summed E-state index contributed by atoms with van der Waals surface area (Å²) in [4.78, 5) is 12.0. The fraction of sp³-hybridized carbons (Fsp3) is 0.417. The lowest BCUT2D eigenvalue weighted by Gasteiger charge is -2.41. The van der Waals surface area contributed by atoms with Crippen molar-refractivity contribution in [2.75, 3.05) is 5.33 Å². The highest BCUT2D eigenvalue weighted by atomic mass is 79.9. The van der Waals surface area contributed by atoms with Crippen molar-refractivity contribution in [2.24, 2.45) is 0 Å². The minimum Gasteiger partial charge on any atom is -0.346 e. The van der Waals surface area contributed by atoms with Crippen LogP contribution in [0.2, 0.25) is 5.02 Å². The number of alkyl halides is 1. The van der Waals surface area contributed by atoms with Crippen LogP contribution in [0, 0.1) is 5.82 Å². The van der Waals surface area contributed by atoms with Crippen molar-refractivity contribution < 1.29 is 9.18 Å². The molecule has 1 N–H and O–H groups in total. The van der Waals surface area contributed by atoms with Gasteiger partial charge in [-0.3, -0.25) is 4.79 Å². The van der Waals surface area contributed by atoms with E-state index in [4.69, 9.17) is 11.6 Å². The lowest BCUT2D eigenvalue weighted by atomic mass is 9.78. The average molecular weight is 321 g/mol. The second-order valence-corrected chi connectivity index (χ2v) is 5.26. The van der Waals surface area contributed by atoms with Crippen LogP contribution in [0.25, 0.3) is 0 Å². The van der Waals surface area contributed by atoms with Crippen molar-refractivity contribution in [3.63, 3.8) is 0 Å². The summed E-state index contributed by atoms with van der Waals surface area (Å²) >= 11 is 9.17. The average Bonchev–Trinajstić information content (AvgIpc) is 2.27. The van der Waals surface area contributed by atoms with Gasteiger partial charge >= 0.3 is 0 Å². The molecule has 1 fully saturated rings. The maximum Gasteiger partial charge on any atom is 0.253 e. The van der Waals surface area contributed by atoms with E-state index in [9.17, 15) is 9.18 Å². The third-order valence-electron chi connectivity index (χ3n) is 3.14. The summed E-state index contributed by atoms with van der Waals surface area (Å²) in [6.07, 6.45) is 2.98. The Labute approximate surface area is 113 Å². The molecule has 1 aromatic carbocycles. The fourth-order valence-electron chi connectivity index (χ4n) is 1.88. The van der Waals surface area contributed by atoms with Gasteiger partial charge in [0.15, 0.2) is 0 Å². The maximum absolute atomic E-state index is 13.2. The first-order chi connectivity index (χ1) is 8.08. The molecule has 1 saturated carbocycles. The van der Waals surface area contributed by atoms with E-state index in [0.29, 0.717) is 5.33 Å². The summed E-state index contributed by atoms with van der Waals surface area (Å²) in [5.41, 5.74) is 0.00565. The van der Waals surface area contributed by atoms with Crippen LogP contribution in [0.4, 0.5) is 4.39 Å². The predicted octanol–water partition coefficient (Wildman–Crippen LogP) is 3.53. The number of amides is 1. The molecule has 1 aromatic rings. The van der Waals surface area contributed by atoms with Gasteiger partial charge in [0, 0.05) is 5.33 Å². The molecule has 0 spiro atoms. The van der Waals surface area contributed by atoms with Crippen LogP contribution in [0.15, 0.2) is 18.2 Å². The molecular weight excluding hydrogens is 308 g/mol. The molecule has 0 bridgehead atoms. The second-order valence-electron chi connectivity index (χ2n) is 4.32. The molecule has 2 nitrogen and oxygen atoms in total. The van der Waals surface area contributed by atoms with Crippen molar-refractivity contribution >= 4 is 33.4 Å². The smallest absolute Gasteiger partial charge is 0.253 e. The first-order valence-corrected chi connectivity index (χ1v) is 6.90. The maximum atomic E-state index is 13.2. The largest absolute Gasteiger partial charge is 0.346 e. The summed E-state index contributed by atoms with van der Waals surface area (Å²) < 4.78 is 13.2. The van der Waals surface area contributed by atoms with Gasteiger partial charge in [-0.25, -0.2) is 4.39 Å². The number of halogens is 3. The topological polar surface area (TPSA) is 29.1 Å². The molecular formula is C12H12BrClFNO. The minimum atomic E-state index is -0.569. The molecule has 0 unspecified atom stereocenters. The summed E-state index contributed by atoms with van der Waals surface area (Å²) in [6.45, 7) is 0. The number of nitrogens with one attached hydrogen (secondary N) is 1. The highest BCUT2D eigenvalue weighted by Crippen LogP contribution is 2.34. The van der Waals surface area contributed by atoms with Crippen LogP contribution in [-0.2, 0) is 0 Å². The van der Waals surface area contributed by atoms with Gasteiger partial charge in [0.25, 0.3) is 5.91 Å². The van der Waals surface area contributed by atoms with Gasteiger partial charge in [0.1, 0.15) is 5.82 Å². The van der Waals surface area contributed by atoms with Crippen molar-refractivity contribution in [2.45, 2.75) is 24.8 Å². The first kappa shape index (κ1) is 12.8. The Kier molecular flexibility index (Phi) is 3.73. The van der Waals surface area contributed by atoms with E-state index in [1.807, 2.05) is 0 Å². The van der Waals surface area contributed by atoms with Crippen LogP contribution < -0.4 is 5.32 Å². The van der Waals surface area contributed by atoms with Crippen LogP contribution in [-0.4, -0.2) is 16.8 Å². The molecule has 92 valence electrons. The first-order valence-electron chi connectivity index (χ1n) is 5.40. The van der Waals surface area contributed by atoms with Gasteiger partial charge in [0.05, 0.1) is 16.1 Å². The molecule has 0 heterocycles. The SMILES string of the molecule is O=C(NC1(CBr)CCC1)c1cccc(F)c1Cl. The lowest BCUT2D eigenvalue weighted by molar-refractivity contribution is 0.0856. The number of carbonyl (C=O) groups excluding carboxylic acids is 1. The monoisotopic (exact) mass is 319 g/mol. The molecule has 1 aliphatic rings. The third-order valence-corrected chi connectivity index (χ3v) is 4.60. The van der Waals surface area contributed by atoms with Crippen LogP contribution in [0.1, 0.15) is 29.6 Å². The van der Waals surface area contributed by atoms with Gasteiger partial charge in [-0.1, -0.05) is 33.6 Å². The molecule has 1 amide bonds. The van der Waals surface area contributed by atoms with Gasteiger partial charge in [-0.15, -0.1) is 0 Å². The van der Waals surface area contributed by atoms with Crippen LogP contribution in [0.5, 0.6) is 0 Å². The van der Waals surface area contributed by atoms with Crippen molar-refractivity contribution in [1.82, 2.24) is 5.32 Å². The third kappa shape index (κ3) is 2.47. The molecule has 2 rings (SSSR count). The molecule has 0 aromatic heterocycles. The van der Waals surface area contributed by atoms with E-state index in [-0.39, 0.29) is 22.0 Å². The Bertz CT molecular complexity index is 443. The Morgan fingerprint density at radius 1 is 1.53 bits per heavy atom. The quantitative estimate of drug-likeness (QED) is 0.848. The Balaban J connectivity index is 2.17. The molecule has 17 heavy (non-hydrogen) atoms. The van der Waals surface area contributed by atoms with Crippen LogP contribution in [0.3, 0.4) is 0 Å². The van der Waals surface area contributed by atoms with Crippen molar-refractivity contribution in [1.29, 1.82) is 0 Å². The van der Waals surface area contributed by atoms with E-state index < -0.39 is 5.82 Å². The normalized spacial score (nSPS) is 17.4. The van der Waals surface area contributed by atoms with E-state index in [1.165, 1.54) is 18.2 Å². The molecule has 0 aliphatic heterocycles. The van der Waals surface area contributed by atoms with Gasteiger partial charge in [-0.05, 0) is 31.4 Å². The Morgan fingerprint density at radius 2 is 2.24 bits per heavy atom. The van der Waals surface area contributed by atoms with Crippen molar-refractivity contribution in [3.8, 4) is 0 Å². The summed E-state index contributed by atoms with van der Waals surface area (Å²) in [5, 5.41) is 3.52. The second kappa shape index (κ2) is 4.94. The number of benzene rings is 1. The molecule has 5 heteroatoms. The molecule has 0 atom stereocenters. The van der Waals surface area contributed by atoms with Gasteiger partial charge < -0.3 is 5.32 Å². The van der Waals surface area contributed by atoms with Gasteiger partial charge in [-0.2, -0.15) is 0 Å². The molecule has 0 radical (unpaired) electrons. The zero-order valence-corrected chi connectivity index (χ0v) is 11.4. The van der Waals surface area contributed by atoms with E-state index >= 15 is 0 Å².